The van der Waals surface area contributed by atoms with Gasteiger partial charge in [0.15, 0.2) is 16.4 Å². The third kappa shape index (κ3) is 5.46. The van der Waals surface area contributed by atoms with E-state index in [4.69, 9.17) is 16.3 Å². The van der Waals surface area contributed by atoms with E-state index in [1.54, 1.807) is 23.1 Å². The SMILES string of the molecule is O=C(COc1ccc(Br)cc1)N(Cc1ccccc1Cl)C1CCS(=O)(=O)C1. The van der Waals surface area contributed by atoms with Gasteiger partial charge in [0.05, 0.1) is 11.5 Å². The second-order valence-electron chi connectivity index (χ2n) is 6.41. The molecule has 0 aliphatic carbocycles. The topological polar surface area (TPSA) is 63.7 Å². The lowest BCUT2D eigenvalue weighted by Crippen LogP contribution is -2.43. The number of carbonyl (C=O) groups excluding carboxylic acids is 1. The van der Waals surface area contributed by atoms with Crippen LogP contribution in [0.3, 0.4) is 0 Å². The molecule has 2 aromatic rings. The van der Waals surface area contributed by atoms with Gasteiger partial charge >= 0.3 is 0 Å². The lowest BCUT2D eigenvalue weighted by atomic mass is 10.1. The summed E-state index contributed by atoms with van der Waals surface area (Å²) in [5.74, 6) is 0.377. The van der Waals surface area contributed by atoms with Crippen molar-refractivity contribution in [2.24, 2.45) is 0 Å². The molecule has 0 aromatic heterocycles. The van der Waals surface area contributed by atoms with E-state index in [-0.39, 0.29) is 36.6 Å². The largest absolute Gasteiger partial charge is 0.484 e. The molecule has 1 atom stereocenters. The van der Waals surface area contributed by atoms with E-state index in [0.29, 0.717) is 17.2 Å². The minimum absolute atomic E-state index is 0.0263. The molecule has 1 heterocycles. The van der Waals surface area contributed by atoms with Gasteiger partial charge in [-0.2, -0.15) is 0 Å². The van der Waals surface area contributed by atoms with E-state index in [2.05, 4.69) is 15.9 Å². The first-order valence-electron chi connectivity index (χ1n) is 8.46. The van der Waals surface area contributed by atoms with Crippen LogP contribution in [0.25, 0.3) is 0 Å². The summed E-state index contributed by atoms with van der Waals surface area (Å²) in [4.78, 5) is 14.4. The Balaban J connectivity index is 1.75. The van der Waals surface area contributed by atoms with Crippen LogP contribution in [-0.2, 0) is 21.2 Å². The first-order chi connectivity index (χ1) is 12.8. The maximum Gasteiger partial charge on any atom is 0.261 e. The number of hydrogen-bond acceptors (Lipinski definition) is 4. The van der Waals surface area contributed by atoms with Crippen LogP contribution in [0.1, 0.15) is 12.0 Å². The zero-order valence-corrected chi connectivity index (χ0v) is 17.6. The van der Waals surface area contributed by atoms with Crippen LogP contribution >= 0.6 is 27.5 Å². The van der Waals surface area contributed by atoms with Gasteiger partial charge in [0.1, 0.15) is 5.75 Å². The molecular weight excluding hydrogens is 454 g/mol. The number of amides is 1. The number of carbonyl (C=O) groups is 1. The summed E-state index contributed by atoms with van der Waals surface area (Å²) in [5, 5.41) is 0.546. The summed E-state index contributed by atoms with van der Waals surface area (Å²) in [6.07, 6.45) is 0.427. The zero-order chi connectivity index (χ0) is 19.4. The predicted octanol–water partition coefficient (Wildman–Crippen LogP) is 3.70. The second-order valence-corrected chi connectivity index (χ2v) is 9.96. The van der Waals surface area contributed by atoms with Crippen molar-refractivity contribution in [2.45, 2.75) is 19.0 Å². The number of nitrogens with zero attached hydrogens (tertiary/aromatic N) is 1. The lowest BCUT2D eigenvalue weighted by molar-refractivity contribution is -0.136. The van der Waals surface area contributed by atoms with Crippen LogP contribution in [0, 0.1) is 0 Å². The highest BCUT2D eigenvalue weighted by molar-refractivity contribution is 9.10. The van der Waals surface area contributed by atoms with Crippen LogP contribution in [0.15, 0.2) is 53.0 Å². The van der Waals surface area contributed by atoms with Gasteiger partial charge < -0.3 is 9.64 Å². The van der Waals surface area contributed by atoms with Crippen LogP contribution < -0.4 is 4.74 Å². The summed E-state index contributed by atoms with van der Waals surface area (Å²) >= 11 is 9.58. The van der Waals surface area contributed by atoms with Gasteiger partial charge in [0, 0.05) is 22.1 Å². The Kier molecular flexibility index (Phi) is 6.44. The average Bonchev–Trinajstić information content (AvgIpc) is 3.00. The van der Waals surface area contributed by atoms with Crippen molar-refractivity contribution in [3.05, 3.63) is 63.6 Å². The fourth-order valence-corrected chi connectivity index (χ4v) is 5.20. The van der Waals surface area contributed by atoms with Crippen molar-refractivity contribution in [1.82, 2.24) is 4.90 Å². The molecule has 1 amide bonds. The van der Waals surface area contributed by atoms with Gasteiger partial charge in [-0.3, -0.25) is 4.79 Å². The zero-order valence-electron chi connectivity index (χ0n) is 14.5. The fraction of sp³-hybridized carbons (Fsp3) is 0.316. The monoisotopic (exact) mass is 471 g/mol. The quantitative estimate of drug-likeness (QED) is 0.643. The van der Waals surface area contributed by atoms with Gasteiger partial charge in [-0.15, -0.1) is 0 Å². The highest BCUT2D eigenvalue weighted by atomic mass is 79.9. The first kappa shape index (κ1) is 20.2. The molecule has 0 bridgehead atoms. The summed E-state index contributed by atoms with van der Waals surface area (Å²) in [5.41, 5.74) is 0.778. The third-order valence-electron chi connectivity index (χ3n) is 4.44. The molecular formula is C19H19BrClNO4S. The minimum atomic E-state index is -3.12. The molecule has 1 aliphatic rings. The number of rotatable bonds is 6. The number of halogens is 2. The van der Waals surface area contributed by atoms with E-state index in [9.17, 15) is 13.2 Å². The van der Waals surface area contributed by atoms with Crippen molar-refractivity contribution in [3.63, 3.8) is 0 Å². The summed E-state index contributed by atoms with van der Waals surface area (Å²) in [6.45, 7) is 0.0883. The van der Waals surface area contributed by atoms with E-state index < -0.39 is 9.84 Å². The standard InChI is InChI=1S/C19H19BrClNO4S/c20-15-5-7-17(8-6-15)26-12-19(23)22(16-9-10-27(24,25)13-16)11-14-3-1-2-4-18(14)21/h1-8,16H,9-13H2. The Morgan fingerprint density at radius 2 is 1.89 bits per heavy atom. The molecule has 27 heavy (non-hydrogen) atoms. The Hall–Kier alpha value is -1.57. The number of hydrogen-bond donors (Lipinski definition) is 0. The van der Waals surface area contributed by atoms with Gasteiger partial charge in [0.25, 0.3) is 5.91 Å². The number of ether oxygens (including phenoxy) is 1. The molecule has 3 rings (SSSR count). The molecule has 8 heteroatoms. The van der Waals surface area contributed by atoms with Crippen LogP contribution in [-0.4, -0.2) is 43.4 Å². The van der Waals surface area contributed by atoms with Crippen LogP contribution in [0.2, 0.25) is 5.02 Å². The number of benzene rings is 2. The molecule has 0 spiro atoms. The molecule has 144 valence electrons. The minimum Gasteiger partial charge on any atom is -0.484 e. The highest BCUT2D eigenvalue weighted by Crippen LogP contribution is 2.24. The molecule has 0 radical (unpaired) electrons. The Bertz CT molecular complexity index is 918. The van der Waals surface area contributed by atoms with Gasteiger partial charge in [0.2, 0.25) is 0 Å². The van der Waals surface area contributed by atoms with E-state index in [0.717, 1.165) is 10.0 Å². The van der Waals surface area contributed by atoms with E-state index >= 15 is 0 Å². The maximum atomic E-state index is 12.9. The van der Waals surface area contributed by atoms with E-state index in [1.807, 2.05) is 30.3 Å². The highest BCUT2D eigenvalue weighted by Gasteiger charge is 2.35. The average molecular weight is 473 g/mol. The van der Waals surface area contributed by atoms with Crippen molar-refractivity contribution in [2.75, 3.05) is 18.1 Å². The maximum absolute atomic E-state index is 12.9. The molecule has 1 fully saturated rings. The normalized spacial score (nSPS) is 18.2. The summed E-state index contributed by atoms with van der Waals surface area (Å²) in [6, 6.07) is 14.0. The second kappa shape index (κ2) is 8.63. The first-order valence-corrected chi connectivity index (χ1v) is 11.4. The van der Waals surface area contributed by atoms with E-state index in [1.165, 1.54) is 0 Å². The molecule has 1 saturated heterocycles. The van der Waals surface area contributed by atoms with Gasteiger partial charge in [-0.25, -0.2) is 8.42 Å². The van der Waals surface area contributed by atoms with Gasteiger partial charge in [-0.05, 0) is 42.3 Å². The van der Waals surface area contributed by atoms with Crippen molar-refractivity contribution >= 4 is 43.3 Å². The van der Waals surface area contributed by atoms with Crippen LogP contribution in [0.5, 0.6) is 5.75 Å². The van der Waals surface area contributed by atoms with Crippen molar-refractivity contribution in [3.8, 4) is 5.75 Å². The fourth-order valence-electron chi connectivity index (χ4n) is 3.01. The molecule has 5 nitrogen and oxygen atoms in total. The molecule has 0 saturated carbocycles. The summed E-state index contributed by atoms with van der Waals surface area (Å²) < 4.78 is 30.3. The van der Waals surface area contributed by atoms with Crippen LogP contribution in [0.4, 0.5) is 0 Å². The molecule has 2 aromatic carbocycles. The third-order valence-corrected chi connectivity index (χ3v) is 7.09. The summed E-state index contributed by atoms with van der Waals surface area (Å²) in [7, 11) is -3.12. The molecule has 1 unspecified atom stereocenters. The predicted molar refractivity (Wildman–Crippen MR) is 109 cm³/mol. The Labute approximate surface area is 172 Å². The lowest BCUT2D eigenvalue weighted by Gasteiger charge is -2.28. The van der Waals surface area contributed by atoms with Crippen molar-refractivity contribution < 1.29 is 17.9 Å². The smallest absolute Gasteiger partial charge is 0.261 e. The number of sulfone groups is 1. The Morgan fingerprint density at radius 1 is 1.19 bits per heavy atom. The van der Waals surface area contributed by atoms with Gasteiger partial charge in [-0.1, -0.05) is 45.7 Å². The Morgan fingerprint density at radius 3 is 2.52 bits per heavy atom. The van der Waals surface area contributed by atoms with Crippen molar-refractivity contribution in [1.29, 1.82) is 0 Å². The molecule has 1 aliphatic heterocycles. The molecule has 0 N–H and O–H groups in total.